The van der Waals surface area contributed by atoms with E-state index in [1.54, 1.807) is 0 Å². The van der Waals surface area contributed by atoms with Gasteiger partial charge in [-0.1, -0.05) is 54.6 Å². The van der Waals surface area contributed by atoms with Crippen molar-refractivity contribution >= 4 is 0 Å². The van der Waals surface area contributed by atoms with E-state index in [9.17, 15) is 20.4 Å². The van der Waals surface area contributed by atoms with Gasteiger partial charge in [-0.25, -0.2) is 0 Å². The van der Waals surface area contributed by atoms with Gasteiger partial charge >= 0.3 is 0 Å². The Hall–Kier alpha value is -2.78. The van der Waals surface area contributed by atoms with Gasteiger partial charge in [0.05, 0.1) is 13.2 Å². The lowest BCUT2D eigenvalue weighted by molar-refractivity contribution is -0.231. The van der Waals surface area contributed by atoms with Crippen molar-refractivity contribution in [1.82, 2.24) is 0 Å². The first-order chi connectivity index (χ1) is 17.8. The fourth-order valence-electron chi connectivity index (χ4n) is 5.18. The minimum absolute atomic E-state index is 0.420. The van der Waals surface area contributed by atoms with Crippen LogP contribution in [0.25, 0.3) is 0 Å². The van der Waals surface area contributed by atoms with E-state index in [0.717, 1.165) is 22.4 Å². The van der Waals surface area contributed by atoms with Gasteiger partial charge in [0.25, 0.3) is 0 Å². The van der Waals surface area contributed by atoms with Crippen LogP contribution in [0.4, 0.5) is 0 Å². The Morgan fingerprint density at radius 2 is 1.70 bits per heavy atom. The van der Waals surface area contributed by atoms with Crippen LogP contribution in [0.3, 0.4) is 0 Å². The first kappa shape index (κ1) is 25.9. The molecule has 1 saturated heterocycles. The minimum atomic E-state index is -1.40. The maximum absolute atomic E-state index is 10.5. The van der Waals surface area contributed by atoms with Crippen molar-refractivity contribution in [1.29, 1.82) is 0 Å². The Kier molecular flexibility index (Phi) is 7.36. The Labute approximate surface area is 216 Å². The lowest BCUT2D eigenvalue weighted by atomic mass is 9.89. The lowest BCUT2D eigenvalue weighted by Crippen LogP contribution is -2.55. The summed E-state index contributed by atoms with van der Waals surface area (Å²) in [5.74, 6) is 0.768. The highest BCUT2D eigenvalue weighted by molar-refractivity contribution is 5.39. The maximum atomic E-state index is 10.5. The standard InChI is InChI=1S/C30H34O7/c1-18-7-10-20(29-28(34)27(33)26(32)25(15-31)37-29)14-22(18)13-19-8-11-23(12-9-19)35-17-30(2)24-6-4-3-5-21(24)16-36-30/h3-12,14,25-29,31-34H,13,15-17H2,1-2H3/t25-,26-,27+,28-,29+,30+/m1/s1. The summed E-state index contributed by atoms with van der Waals surface area (Å²) in [5, 5.41) is 40.3. The van der Waals surface area contributed by atoms with Gasteiger partial charge < -0.3 is 34.6 Å². The second-order valence-electron chi connectivity index (χ2n) is 10.2. The van der Waals surface area contributed by atoms with Crippen LogP contribution in [0, 0.1) is 6.92 Å². The molecule has 0 amide bonds. The van der Waals surface area contributed by atoms with Crippen molar-refractivity contribution in [2.45, 2.75) is 63.0 Å². The van der Waals surface area contributed by atoms with Gasteiger partial charge in [0.2, 0.25) is 0 Å². The summed E-state index contributed by atoms with van der Waals surface area (Å²) >= 11 is 0. The summed E-state index contributed by atoms with van der Waals surface area (Å²) in [5.41, 5.74) is 5.80. The zero-order valence-corrected chi connectivity index (χ0v) is 21.1. The zero-order chi connectivity index (χ0) is 26.2. The summed E-state index contributed by atoms with van der Waals surface area (Å²) in [6.45, 7) is 4.63. The van der Waals surface area contributed by atoms with Crippen molar-refractivity contribution in [2.24, 2.45) is 0 Å². The van der Waals surface area contributed by atoms with Crippen molar-refractivity contribution in [3.8, 4) is 5.75 Å². The maximum Gasteiger partial charge on any atom is 0.125 e. The van der Waals surface area contributed by atoms with E-state index in [1.165, 1.54) is 11.1 Å². The average molecular weight is 507 g/mol. The molecule has 0 saturated carbocycles. The van der Waals surface area contributed by atoms with Gasteiger partial charge in [-0.3, -0.25) is 0 Å². The Balaban J connectivity index is 1.26. The van der Waals surface area contributed by atoms with E-state index < -0.39 is 42.7 Å². The third-order valence-corrected chi connectivity index (χ3v) is 7.56. The molecule has 7 heteroatoms. The van der Waals surface area contributed by atoms with Gasteiger partial charge in [-0.15, -0.1) is 0 Å². The van der Waals surface area contributed by atoms with E-state index in [0.29, 0.717) is 25.2 Å². The first-order valence-electron chi connectivity index (χ1n) is 12.6. The topological polar surface area (TPSA) is 109 Å². The highest BCUT2D eigenvalue weighted by Gasteiger charge is 2.44. The fraction of sp³-hybridized carbons (Fsp3) is 0.400. The van der Waals surface area contributed by atoms with E-state index >= 15 is 0 Å². The molecule has 2 aliphatic heterocycles. The SMILES string of the molecule is Cc1ccc([C@@H]2O[C@H](CO)[C@@H](O)[C@H](O)[C@H]2O)cc1Cc1ccc(OC[C@]2(C)OCc3ccccc32)cc1. The molecule has 37 heavy (non-hydrogen) atoms. The van der Waals surface area contributed by atoms with E-state index in [-0.39, 0.29) is 0 Å². The smallest absolute Gasteiger partial charge is 0.125 e. The normalized spacial score (nSPS) is 29.2. The summed E-state index contributed by atoms with van der Waals surface area (Å²) in [6.07, 6.45) is -5.22. The predicted molar refractivity (Wildman–Crippen MR) is 137 cm³/mol. The monoisotopic (exact) mass is 506 g/mol. The van der Waals surface area contributed by atoms with Gasteiger partial charge in [0, 0.05) is 0 Å². The minimum Gasteiger partial charge on any atom is -0.490 e. The number of benzene rings is 3. The largest absolute Gasteiger partial charge is 0.490 e. The van der Waals surface area contributed by atoms with Crippen LogP contribution in [-0.4, -0.2) is 58.1 Å². The molecular formula is C30H34O7. The van der Waals surface area contributed by atoms with E-state index in [1.807, 2.05) is 61.5 Å². The molecule has 196 valence electrons. The molecule has 0 bridgehead atoms. The molecular weight excluding hydrogens is 472 g/mol. The molecule has 0 unspecified atom stereocenters. The van der Waals surface area contributed by atoms with Gasteiger partial charge in [0.15, 0.2) is 0 Å². The number of aryl methyl sites for hydroxylation is 1. The Bertz CT molecular complexity index is 1220. The third kappa shape index (κ3) is 5.16. The number of rotatable bonds is 7. The molecule has 1 fully saturated rings. The quantitative estimate of drug-likeness (QED) is 0.390. The molecule has 0 radical (unpaired) electrons. The van der Waals surface area contributed by atoms with Crippen LogP contribution < -0.4 is 4.74 Å². The first-order valence-corrected chi connectivity index (χ1v) is 12.6. The number of aliphatic hydroxyl groups excluding tert-OH is 4. The molecule has 0 aliphatic carbocycles. The van der Waals surface area contributed by atoms with Crippen LogP contribution in [0.5, 0.6) is 5.75 Å². The second kappa shape index (κ2) is 10.5. The Morgan fingerprint density at radius 3 is 2.46 bits per heavy atom. The van der Waals surface area contributed by atoms with Crippen molar-refractivity contribution in [3.63, 3.8) is 0 Å². The molecule has 3 aromatic rings. The van der Waals surface area contributed by atoms with Gasteiger partial charge in [-0.05, 0) is 65.8 Å². The highest BCUT2D eigenvalue weighted by atomic mass is 16.6. The lowest BCUT2D eigenvalue weighted by Gasteiger charge is -2.40. The van der Waals surface area contributed by atoms with Crippen LogP contribution in [-0.2, 0) is 28.1 Å². The summed E-state index contributed by atoms with van der Waals surface area (Å²) < 4.78 is 17.9. The van der Waals surface area contributed by atoms with Gasteiger partial charge in [-0.2, -0.15) is 0 Å². The van der Waals surface area contributed by atoms with Gasteiger partial charge in [0.1, 0.15) is 48.5 Å². The van der Waals surface area contributed by atoms with Crippen LogP contribution in [0.15, 0.2) is 66.7 Å². The number of ether oxygens (including phenoxy) is 3. The number of aliphatic hydroxyl groups is 4. The molecule has 4 N–H and O–H groups in total. The molecule has 5 rings (SSSR count). The second-order valence-corrected chi connectivity index (χ2v) is 10.2. The third-order valence-electron chi connectivity index (χ3n) is 7.56. The van der Waals surface area contributed by atoms with E-state index in [4.69, 9.17) is 14.2 Å². The molecule has 2 heterocycles. The molecule has 3 aromatic carbocycles. The van der Waals surface area contributed by atoms with Crippen LogP contribution in [0.1, 0.15) is 46.4 Å². The number of hydrogen-bond acceptors (Lipinski definition) is 7. The summed E-state index contributed by atoms with van der Waals surface area (Å²) in [6, 6.07) is 21.9. The van der Waals surface area contributed by atoms with Crippen molar-refractivity contribution in [2.75, 3.05) is 13.2 Å². The predicted octanol–water partition coefficient (Wildman–Crippen LogP) is 2.93. The Morgan fingerprint density at radius 1 is 0.946 bits per heavy atom. The van der Waals surface area contributed by atoms with Crippen molar-refractivity contribution in [3.05, 3.63) is 100 Å². The van der Waals surface area contributed by atoms with Crippen molar-refractivity contribution < 1.29 is 34.6 Å². The average Bonchev–Trinajstić information content (AvgIpc) is 3.25. The molecule has 0 spiro atoms. The van der Waals surface area contributed by atoms with Crippen LogP contribution in [0.2, 0.25) is 0 Å². The number of fused-ring (bicyclic) bond motifs is 1. The summed E-state index contributed by atoms with van der Waals surface area (Å²) in [4.78, 5) is 0. The van der Waals surface area contributed by atoms with Crippen LogP contribution >= 0.6 is 0 Å². The molecule has 2 aliphatic rings. The summed E-state index contributed by atoms with van der Waals surface area (Å²) in [7, 11) is 0. The fourth-order valence-corrected chi connectivity index (χ4v) is 5.18. The van der Waals surface area contributed by atoms with E-state index in [2.05, 4.69) is 19.1 Å². The number of hydrogen-bond donors (Lipinski definition) is 4. The molecule has 7 nitrogen and oxygen atoms in total. The molecule has 6 atom stereocenters. The zero-order valence-electron chi connectivity index (χ0n) is 21.1. The molecule has 0 aromatic heterocycles. The highest BCUT2D eigenvalue weighted by Crippen LogP contribution is 2.37.